The lowest BCUT2D eigenvalue weighted by molar-refractivity contribution is 0.0957. The number of aromatic nitrogens is 1. The molecule has 5 nitrogen and oxygen atoms in total. The Kier molecular flexibility index (Phi) is 5.27. The lowest BCUT2D eigenvalue weighted by Crippen LogP contribution is -2.29. The van der Waals surface area contributed by atoms with Crippen LogP contribution in [0.15, 0.2) is 24.4 Å². The third-order valence-electron chi connectivity index (χ3n) is 3.40. The quantitative estimate of drug-likeness (QED) is 0.454. The molecule has 0 radical (unpaired) electrons. The van der Waals surface area contributed by atoms with Crippen molar-refractivity contribution in [2.24, 2.45) is 5.84 Å². The fourth-order valence-corrected chi connectivity index (χ4v) is 3.05. The number of thiazole rings is 1. The second-order valence-electron chi connectivity index (χ2n) is 4.81. The topological polar surface area (TPSA) is 80.0 Å². The van der Waals surface area contributed by atoms with Crippen LogP contribution in [0.4, 0.5) is 13.9 Å². The van der Waals surface area contributed by atoms with Gasteiger partial charge in [-0.25, -0.2) is 19.6 Å². The second-order valence-corrected chi connectivity index (χ2v) is 5.84. The monoisotopic (exact) mass is 340 g/mol. The summed E-state index contributed by atoms with van der Waals surface area (Å²) in [5.74, 6) is 3.41. The van der Waals surface area contributed by atoms with Gasteiger partial charge in [-0.3, -0.25) is 10.2 Å². The van der Waals surface area contributed by atoms with Crippen molar-refractivity contribution in [2.45, 2.75) is 32.2 Å². The number of nitrogens with one attached hydrogen (secondary N) is 2. The SMILES string of the molecule is CC.NNC(=O)c1cnc(NC2(c3c(F)cccc3F)CC2)s1. The zero-order chi connectivity index (χ0) is 17.0. The number of benzene rings is 1. The maximum Gasteiger partial charge on any atom is 0.276 e. The predicted molar refractivity (Wildman–Crippen MR) is 86.0 cm³/mol. The number of hydrazine groups is 1. The number of anilines is 1. The summed E-state index contributed by atoms with van der Waals surface area (Å²) in [7, 11) is 0. The highest BCUT2D eigenvalue weighted by atomic mass is 32.1. The summed E-state index contributed by atoms with van der Waals surface area (Å²) >= 11 is 1.08. The van der Waals surface area contributed by atoms with Gasteiger partial charge in [0.15, 0.2) is 5.13 Å². The van der Waals surface area contributed by atoms with Crippen LogP contribution in [0.1, 0.15) is 41.9 Å². The Labute approximate surface area is 136 Å². The van der Waals surface area contributed by atoms with Crippen LogP contribution < -0.4 is 16.6 Å². The molecule has 1 amide bonds. The smallest absolute Gasteiger partial charge is 0.276 e. The molecule has 2 aromatic rings. The zero-order valence-corrected chi connectivity index (χ0v) is 13.6. The van der Waals surface area contributed by atoms with E-state index in [1.165, 1.54) is 24.4 Å². The van der Waals surface area contributed by atoms with Crippen molar-refractivity contribution in [1.29, 1.82) is 0 Å². The fourth-order valence-electron chi connectivity index (χ4n) is 2.23. The number of nitrogen functional groups attached to an aromatic ring is 1. The highest BCUT2D eigenvalue weighted by Gasteiger charge is 2.48. The maximum atomic E-state index is 13.9. The van der Waals surface area contributed by atoms with Crippen molar-refractivity contribution < 1.29 is 13.6 Å². The molecule has 1 aliphatic rings. The molecule has 23 heavy (non-hydrogen) atoms. The maximum absolute atomic E-state index is 13.9. The number of halogens is 2. The van der Waals surface area contributed by atoms with Crippen molar-refractivity contribution in [3.05, 3.63) is 46.5 Å². The Bertz CT molecular complexity index is 680. The Morgan fingerprint density at radius 2 is 1.91 bits per heavy atom. The highest BCUT2D eigenvalue weighted by Crippen LogP contribution is 2.50. The number of rotatable bonds is 4. The second kappa shape index (κ2) is 7.01. The average molecular weight is 340 g/mol. The van der Waals surface area contributed by atoms with Crippen LogP contribution in [-0.4, -0.2) is 10.9 Å². The number of carbonyl (C=O) groups excluding carboxylic acids is 1. The number of nitrogens with zero attached hydrogens (tertiary/aromatic N) is 1. The third kappa shape index (κ3) is 3.48. The van der Waals surface area contributed by atoms with Gasteiger partial charge in [0.1, 0.15) is 16.5 Å². The number of amides is 1. The van der Waals surface area contributed by atoms with E-state index in [4.69, 9.17) is 5.84 Å². The fraction of sp³-hybridized carbons (Fsp3) is 0.333. The number of hydrogen-bond acceptors (Lipinski definition) is 5. The molecule has 0 aliphatic heterocycles. The first-order chi connectivity index (χ1) is 11.1. The standard InChI is InChI=1S/C13H12F2N4OS.C2H6/c14-7-2-1-3-8(15)10(7)13(4-5-13)18-12-17-6-9(21-12)11(20)19-16;1-2/h1-3,6H,4-5,16H2,(H,17,18)(H,19,20);1-2H3. The van der Waals surface area contributed by atoms with Crippen molar-refractivity contribution in [3.8, 4) is 0 Å². The molecular formula is C15H18F2N4OS. The molecule has 0 saturated heterocycles. The molecule has 0 spiro atoms. The molecule has 1 aliphatic carbocycles. The van der Waals surface area contributed by atoms with Gasteiger partial charge < -0.3 is 5.32 Å². The number of nitrogens with two attached hydrogens (primary N) is 1. The minimum atomic E-state index is -0.788. The van der Waals surface area contributed by atoms with E-state index in [0.29, 0.717) is 22.9 Å². The summed E-state index contributed by atoms with van der Waals surface area (Å²) in [4.78, 5) is 15.7. The van der Waals surface area contributed by atoms with E-state index in [1.807, 2.05) is 19.3 Å². The van der Waals surface area contributed by atoms with E-state index >= 15 is 0 Å². The summed E-state index contributed by atoms with van der Waals surface area (Å²) in [5.41, 5.74) is 1.24. The number of hydrogen-bond donors (Lipinski definition) is 3. The molecule has 1 saturated carbocycles. The highest BCUT2D eigenvalue weighted by molar-refractivity contribution is 7.17. The molecule has 4 N–H and O–H groups in total. The van der Waals surface area contributed by atoms with E-state index in [2.05, 4.69) is 10.3 Å². The van der Waals surface area contributed by atoms with Gasteiger partial charge in [-0.1, -0.05) is 31.3 Å². The van der Waals surface area contributed by atoms with Crippen LogP contribution in [0, 0.1) is 11.6 Å². The third-order valence-corrected chi connectivity index (χ3v) is 4.31. The van der Waals surface area contributed by atoms with Gasteiger partial charge in [-0.15, -0.1) is 0 Å². The van der Waals surface area contributed by atoms with Gasteiger partial charge in [-0.2, -0.15) is 0 Å². The molecule has 124 valence electrons. The summed E-state index contributed by atoms with van der Waals surface area (Å²) in [5, 5.41) is 3.46. The molecule has 0 unspecified atom stereocenters. The normalized spacial score (nSPS) is 14.5. The first-order valence-electron chi connectivity index (χ1n) is 7.25. The Morgan fingerprint density at radius 3 is 2.43 bits per heavy atom. The summed E-state index contributed by atoms with van der Waals surface area (Å²) in [6.07, 6.45) is 2.56. The van der Waals surface area contributed by atoms with Crippen molar-refractivity contribution in [3.63, 3.8) is 0 Å². The van der Waals surface area contributed by atoms with Crippen LogP contribution in [0.3, 0.4) is 0 Å². The van der Waals surface area contributed by atoms with Crippen LogP contribution in [0.2, 0.25) is 0 Å². The molecule has 1 fully saturated rings. The molecule has 1 heterocycles. The van der Waals surface area contributed by atoms with E-state index in [1.54, 1.807) is 0 Å². The molecule has 1 aromatic heterocycles. The summed E-state index contributed by atoms with van der Waals surface area (Å²) in [6, 6.07) is 3.79. The summed E-state index contributed by atoms with van der Waals surface area (Å²) < 4.78 is 27.8. The molecule has 0 bridgehead atoms. The van der Waals surface area contributed by atoms with E-state index < -0.39 is 23.1 Å². The van der Waals surface area contributed by atoms with Gasteiger partial charge in [0.05, 0.1) is 11.7 Å². The van der Waals surface area contributed by atoms with Gasteiger partial charge in [0.25, 0.3) is 5.91 Å². The number of carbonyl (C=O) groups is 1. The van der Waals surface area contributed by atoms with Crippen molar-refractivity contribution in [2.75, 3.05) is 5.32 Å². The van der Waals surface area contributed by atoms with E-state index in [9.17, 15) is 13.6 Å². The van der Waals surface area contributed by atoms with Gasteiger partial charge in [0, 0.05) is 5.56 Å². The lowest BCUT2D eigenvalue weighted by atomic mass is 10.0. The van der Waals surface area contributed by atoms with Crippen molar-refractivity contribution >= 4 is 22.4 Å². The van der Waals surface area contributed by atoms with Gasteiger partial charge in [0.2, 0.25) is 0 Å². The van der Waals surface area contributed by atoms with Crippen LogP contribution >= 0.6 is 11.3 Å². The Morgan fingerprint density at radius 1 is 1.30 bits per heavy atom. The van der Waals surface area contributed by atoms with E-state index in [0.717, 1.165) is 11.3 Å². The molecular weight excluding hydrogens is 322 g/mol. The molecule has 1 aromatic carbocycles. The lowest BCUT2D eigenvalue weighted by Gasteiger charge is -2.18. The molecule has 3 rings (SSSR count). The predicted octanol–water partition coefficient (Wildman–Crippen LogP) is 3.15. The van der Waals surface area contributed by atoms with Crippen LogP contribution in [0.25, 0.3) is 0 Å². The summed E-state index contributed by atoms with van der Waals surface area (Å²) in [6.45, 7) is 4.00. The van der Waals surface area contributed by atoms with Crippen LogP contribution in [-0.2, 0) is 5.54 Å². The van der Waals surface area contributed by atoms with E-state index in [-0.39, 0.29) is 5.56 Å². The zero-order valence-electron chi connectivity index (χ0n) is 12.8. The first kappa shape index (κ1) is 17.3. The first-order valence-corrected chi connectivity index (χ1v) is 8.07. The van der Waals surface area contributed by atoms with Gasteiger partial charge >= 0.3 is 0 Å². The average Bonchev–Trinajstić information content (AvgIpc) is 3.16. The molecule has 0 atom stereocenters. The van der Waals surface area contributed by atoms with Crippen LogP contribution in [0.5, 0.6) is 0 Å². The molecule has 8 heteroatoms. The van der Waals surface area contributed by atoms with Gasteiger partial charge in [-0.05, 0) is 25.0 Å². The Hall–Kier alpha value is -2.06. The van der Waals surface area contributed by atoms with Crippen molar-refractivity contribution in [1.82, 2.24) is 10.4 Å². The minimum absolute atomic E-state index is 0.0185. The largest absolute Gasteiger partial charge is 0.352 e. The minimum Gasteiger partial charge on any atom is -0.352 e. The Balaban J connectivity index is 0.000000924.